The molecule has 1 unspecified atom stereocenters. The number of carbonyl (C=O) groups excluding carboxylic acids is 1. The lowest BCUT2D eigenvalue weighted by atomic mass is 9.77. The van der Waals surface area contributed by atoms with Crippen molar-refractivity contribution in [2.24, 2.45) is 5.41 Å². The van der Waals surface area contributed by atoms with E-state index in [0.29, 0.717) is 5.41 Å². The van der Waals surface area contributed by atoms with Crippen molar-refractivity contribution < 1.29 is 9.53 Å². The van der Waals surface area contributed by atoms with E-state index in [-0.39, 0.29) is 12.0 Å². The summed E-state index contributed by atoms with van der Waals surface area (Å²) in [7, 11) is 1.46. The van der Waals surface area contributed by atoms with Gasteiger partial charge in [0.1, 0.15) is 6.04 Å². The summed E-state index contributed by atoms with van der Waals surface area (Å²) in [6.07, 6.45) is 3.29. The minimum atomic E-state index is -0.111. The highest BCUT2D eigenvalue weighted by atomic mass is 16.5. The second-order valence-electron chi connectivity index (χ2n) is 4.41. The van der Waals surface area contributed by atoms with E-state index in [1.165, 1.54) is 20.0 Å². The molecular weight excluding hydrogens is 180 g/mol. The summed E-state index contributed by atoms with van der Waals surface area (Å²) >= 11 is 0. The van der Waals surface area contributed by atoms with Crippen molar-refractivity contribution in [2.45, 2.75) is 25.3 Å². The number of esters is 1. The molecule has 2 aliphatic heterocycles. The first kappa shape index (κ1) is 9.93. The molecule has 4 heteroatoms. The van der Waals surface area contributed by atoms with E-state index in [1.807, 2.05) is 0 Å². The quantitative estimate of drug-likeness (QED) is 0.577. The molecule has 2 N–H and O–H groups in total. The lowest BCUT2D eigenvalue weighted by Gasteiger charge is -2.32. The lowest BCUT2D eigenvalue weighted by Crippen LogP contribution is -2.37. The maximum Gasteiger partial charge on any atom is 0.322 e. The maximum absolute atomic E-state index is 11.3. The van der Waals surface area contributed by atoms with Gasteiger partial charge in [-0.3, -0.25) is 4.79 Å². The van der Waals surface area contributed by atoms with E-state index in [9.17, 15) is 4.79 Å². The fourth-order valence-corrected chi connectivity index (χ4v) is 2.56. The van der Waals surface area contributed by atoms with Crippen molar-refractivity contribution in [3.63, 3.8) is 0 Å². The normalized spacial score (nSPS) is 30.5. The first-order valence-electron chi connectivity index (χ1n) is 5.28. The molecule has 0 aromatic rings. The van der Waals surface area contributed by atoms with E-state index >= 15 is 0 Å². The van der Waals surface area contributed by atoms with Gasteiger partial charge in [0.25, 0.3) is 0 Å². The number of hydrogen-bond donors (Lipinski definition) is 2. The van der Waals surface area contributed by atoms with Gasteiger partial charge in [-0.2, -0.15) is 0 Å². The Morgan fingerprint density at radius 3 is 2.79 bits per heavy atom. The molecule has 14 heavy (non-hydrogen) atoms. The van der Waals surface area contributed by atoms with Gasteiger partial charge in [0.05, 0.1) is 7.11 Å². The SMILES string of the molecule is COC(=O)C1CC2(CCNCC2)CN1. The van der Waals surface area contributed by atoms with Gasteiger partial charge in [0.2, 0.25) is 0 Å². The molecule has 0 bridgehead atoms. The first-order chi connectivity index (χ1) is 6.76. The molecule has 0 radical (unpaired) electrons. The van der Waals surface area contributed by atoms with Crippen molar-refractivity contribution in [1.82, 2.24) is 10.6 Å². The fourth-order valence-electron chi connectivity index (χ4n) is 2.56. The minimum Gasteiger partial charge on any atom is -0.468 e. The van der Waals surface area contributed by atoms with Crippen LogP contribution < -0.4 is 10.6 Å². The maximum atomic E-state index is 11.3. The van der Waals surface area contributed by atoms with Crippen LogP contribution in [0.5, 0.6) is 0 Å². The number of nitrogens with one attached hydrogen (secondary N) is 2. The van der Waals surface area contributed by atoms with Crippen LogP contribution in [0.3, 0.4) is 0 Å². The van der Waals surface area contributed by atoms with Crippen molar-refractivity contribution in [1.29, 1.82) is 0 Å². The summed E-state index contributed by atoms with van der Waals surface area (Å²) in [6, 6.07) is -0.0712. The molecular formula is C10H18N2O2. The van der Waals surface area contributed by atoms with E-state index in [4.69, 9.17) is 4.74 Å². The van der Waals surface area contributed by atoms with E-state index in [0.717, 1.165) is 26.1 Å². The van der Waals surface area contributed by atoms with Gasteiger partial charge in [0, 0.05) is 6.54 Å². The molecule has 1 spiro atoms. The zero-order valence-electron chi connectivity index (χ0n) is 8.64. The monoisotopic (exact) mass is 198 g/mol. The Labute approximate surface area is 84.4 Å². The minimum absolute atomic E-state index is 0.0712. The molecule has 0 saturated carbocycles. The van der Waals surface area contributed by atoms with Crippen molar-refractivity contribution in [3.05, 3.63) is 0 Å². The number of hydrogen-bond acceptors (Lipinski definition) is 4. The van der Waals surface area contributed by atoms with Crippen molar-refractivity contribution in [3.8, 4) is 0 Å². The average Bonchev–Trinajstić information content (AvgIpc) is 2.62. The smallest absolute Gasteiger partial charge is 0.322 e. The molecule has 0 amide bonds. The molecule has 0 aromatic heterocycles. The molecule has 2 saturated heterocycles. The Kier molecular flexibility index (Phi) is 2.74. The predicted molar refractivity (Wildman–Crippen MR) is 53.0 cm³/mol. The summed E-state index contributed by atoms with van der Waals surface area (Å²) in [5.41, 5.74) is 0.351. The Morgan fingerprint density at radius 1 is 1.43 bits per heavy atom. The van der Waals surface area contributed by atoms with Crippen LogP contribution in [-0.4, -0.2) is 38.8 Å². The summed E-state index contributed by atoms with van der Waals surface area (Å²) in [5.74, 6) is -0.111. The zero-order valence-corrected chi connectivity index (χ0v) is 8.64. The third-order valence-electron chi connectivity index (χ3n) is 3.51. The standard InChI is InChI=1S/C10H18N2O2/c1-14-9(13)8-6-10(7-12-8)2-4-11-5-3-10/h8,11-12H,2-7H2,1H3. The van der Waals surface area contributed by atoms with Gasteiger partial charge < -0.3 is 15.4 Å². The van der Waals surface area contributed by atoms with Crippen LogP contribution in [0.15, 0.2) is 0 Å². The van der Waals surface area contributed by atoms with Crippen molar-refractivity contribution in [2.75, 3.05) is 26.7 Å². The summed E-state index contributed by atoms with van der Waals surface area (Å²) in [4.78, 5) is 11.3. The molecule has 2 fully saturated rings. The summed E-state index contributed by atoms with van der Waals surface area (Å²) in [5, 5.41) is 6.62. The van der Waals surface area contributed by atoms with Gasteiger partial charge in [-0.25, -0.2) is 0 Å². The molecule has 1 atom stereocenters. The highest BCUT2D eigenvalue weighted by molar-refractivity contribution is 5.76. The molecule has 2 rings (SSSR count). The predicted octanol–water partition coefficient (Wildman–Crippen LogP) is -0.109. The summed E-state index contributed by atoms with van der Waals surface area (Å²) < 4.78 is 4.75. The number of piperidine rings is 1. The number of rotatable bonds is 1. The molecule has 80 valence electrons. The van der Waals surface area contributed by atoms with Crippen LogP contribution in [-0.2, 0) is 9.53 Å². The first-order valence-corrected chi connectivity index (χ1v) is 5.28. The molecule has 4 nitrogen and oxygen atoms in total. The molecule has 0 aliphatic carbocycles. The van der Waals surface area contributed by atoms with E-state index < -0.39 is 0 Å². The third-order valence-corrected chi connectivity index (χ3v) is 3.51. The highest BCUT2D eigenvalue weighted by Crippen LogP contribution is 2.37. The highest BCUT2D eigenvalue weighted by Gasteiger charge is 2.42. The molecule has 2 aliphatic rings. The Balaban J connectivity index is 1.95. The number of ether oxygens (including phenoxy) is 1. The van der Waals surface area contributed by atoms with Gasteiger partial charge in [-0.15, -0.1) is 0 Å². The van der Waals surface area contributed by atoms with Crippen LogP contribution >= 0.6 is 0 Å². The second kappa shape index (κ2) is 3.87. The molecule has 0 aromatic carbocycles. The largest absolute Gasteiger partial charge is 0.468 e. The van der Waals surface area contributed by atoms with E-state index in [1.54, 1.807) is 0 Å². The average molecular weight is 198 g/mol. The van der Waals surface area contributed by atoms with Gasteiger partial charge in [0.15, 0.2) is 0 Å². The van der Waals surface area contributed by atoms with Gasteiger partial charge in [-0.1, -0.05) is 0 Å². The van der Waals surface area contributed by atoms with Gasteiger partial charge in [-0.05, 0) is 37.8 Å². The van der Waals surface area contributed by atoms with Crippen molar-refractivity contribution >= 4 is 5.97 Å². The lowest BCUT2D eigenvalue weighted by molar-refractivity contribution is -0.142. The molecule has 2 heterocycles. The van der Waals surface area contributed by atoms with Gasteiger partial charge >= 0.3 is 5.97 Å². The third kappa shape index (κ3) is 1.77. The van der Waals surface area contributed by atoms with Crippen LogP contribution in [0.1, 0.15) is 19.3 Å². The summed E-state index contributed by atoms with van der Waals surface area (Å²) in [6.45, 7) is 3.12. The van der Waals surface area contributed by atoms with E-state index in [2.05, 4.69) is 10.6 Å². The second-order valence-corrected chi connectivity index (χ2v) is 4.41. The number of carbonyl (C=O) groups is 1. The fraction of sp³-hybridized carbons (Fsp3) is 0.900. The number of methoxy groups -OCH3 is 1. The van der Waals surface area contributed by atoms with Crippen LogP contribution in [0.4, 0.5) is 0 Å². The Hall–Kier alpha value is -0.610. The van der Waals surface area contributed by atoms with Crippen LogP contribution in [0.2, 0.25) is 0 Å². The van der Waals surface area contributed by atoms with Crippen LogP contribution in [0.25, 0.3) is 0 Å². The Bertz CT molecular complexity index is 224. The Morgan fingerprint density at radius 2 is 2.14 bits per heavy atom. The van der Waals surface area contributed by atoms with Crippen LogP contribution in [0, 0.1) is 5.41 Å². The zero-order chi connectivity index (χ0) is 10.0. The topological polar surface area (TPSA) is 50.4 Å².